The van der Waals surface area contributed by atoms with E-state index in [1.807, 2.05) is 82.3 Å². The molecular formula is C28H32N6O2. The SMILES string of the molecule is C=C1/C=C\C=C/C[C@@H](NC(=O)Nc2c(C)c(-c3cnc(C)nc3)nn2-c2ccccc2)[C@H](O)C1(C)C. The van der Waals surface area contributed by atoms with E-state index in [4.69, 9.17) is 5.10 Å². The van der Waals surface area contributed by atoms with Crippen molar-refractivity contribution in [1.29, 1.82) is 0 Å². The summed E-state index contributed by atoms with van der Waals surface area (Å²) in [6.07, 6.45) is 10.7. The van der Waals surface area contributed by atoms with E-state index in [1.165, 1.54) is 0 Å². The van der Waals surface area contributed by atoms with Gasteiger partial charge < -0.3 is 10.4 Å². The number of aliphatic hydroxyl groups excluding tert-OH is 1. The maximum atomic E-state index is 13.3. The summed E-state index contributed by atoms with van der Waals surface area (Å²) in [6.45, 7) is 11.7. The van der Waals surface area contributed by atoms with Crippen molar-refractivity contribution in [2.75, 3.05) is 5.32 Å². The van der Waals surface area contributed by atoms with E-state index in [-0.39, 0.29) is 0 Å². The molecule has 2 heterocycles. The number of aliphatic hydroxyl groups is 1. The summed E-state index contributed by atoms with van der Waals surface area (Å²) in [7, 11) is 0. The molecule has 186 valence electrons. The molecule has 0 fully saturated rings. The van der Waals surface area contributed by atoms with Gasteiger partial charge in [0.05, 0.1) is 17.8 Å². The van der Waals surface area contributed by atoms with Crippen LogP contribution in [0.4, 0.5) is 10.6 Å². The number of hydrogen-bond donors (Lipinski definition) is 3. The maximum Gasteiger partial charge on any atom is 0.320 e. The van der Waals surface area contributed by atoms with Crippen molar-refractivity contribution in [3.05, 3.63) is 90.6 Å². The lowest BCUT2D eigenvalue weighted by Crippen LogP contribution is -2.51. The molecule has 3 N–H and O–H groups in total. The summed E-state index contributed by atoms with van der Waals surface area (Å²) in [4.78, 5) is 21.9. The van der Waals surface area contributed by atoms with Gasteiger partial charge >= 0.3 is 6.03 Å². The molecule has 0 radical (unpaired) electrons. The smallest absolute Gasteiger partial charge is 0.320 e. The third kappa shape index (κ3) is 5.13. The predicted molar refractivity (Wildman–Crippen MR) is 142 cm³/mol. The normalized spacial score (nSPS) is 21.1. The summed E-state index contributed by atoms with van der Waals surface area (Å²) < 4.78 is 1.69. The lowest BCUT2D eigenvalue weighted by molar-refractivity contribution is 0.0457. The molecule has 0 saturated carbocycles. The van der Waals surface area contributed by atoms with Crippen molar-refractivity contribution < 1.29 is 9.90 Å². The van der Waals surface area contributed by atoms with Gasteiger partial charge in [0.25, 0.3) is 0 Å². The van der Waals surface area contributed by atoms with Crippen LogP contribution in [-0.4, -0.2) is 43.0 Å². The summed E-state index contributed by atoms with van der Waals surface area (Å²) in [6, 6.07) is 8.62. The molecule has 1 aromatic carbocycles. The number of carbonyl (C=O) groups is 1. The van der Waals surface area contributed by atoms with Crippen LogP contribution in [0, 0.1) is 19.3 Å². The first-order valence-electron chi connectivity index (χ1n) is 11.9. The standard InChI is InChI=1S/C28H32N6O2/c1-18-12-8-6-11-15-23(25(35)28(18,4)5)31-27(36)32-26-19(2)24(21-16-29-20(3)30-17-21)33-34(26)22-13-9-7-10-14-22/h6-14,16-17,23,25,35H,1,15H2,2-5H3,(H2,31,32,36)/b11-6-,12-8-/t23-,25+/m1/s1. The molecule has 2 atom stereocenters. The van der Waals surface area contributed by atoms with E-state index in [9.17, 15) is 9.90 Å². The predicted octanol–water partition coefficient (Wildman–Crippen LogP) is 4.90. The highest BCUT2D eigenvalue weighted by atomic mass is 16.3. The quantitative estimate of drug-likeness (QED) is 0.489. The number of allylic oxidation sites excluding steroid dienone is 3. The highest BCUT2D eigenvalue weighted by Crippen LogP contribution is 2.34. The van der Waals surface area contributed by atoms with E-state index >= 15 is 0 Å². The first kappa shape index (κ1) is 25.1. The van der Waals surface area contributed by atoms with Crippen LogP contribution in [0.1, 0.15) is 31.7 Å². The van der Waals surface area contributed by atoms with Crippen LogP contribution in [0.25, 0.3) is 16.9 Å². The highest BCUT2D eigenvalue weighted by molar-refractivity contribution is 5.91. The summed E-state index contributed by atoms with van der Waals surface area (Å²) >= 11 is 0. The molecule has 0 bridgehead atoms. The van der Waals surface area contributed by atoms with Gasteiger partial charge in [-0.2, -0.15) is 5.10 Å². The number of hydrogen-bond acceptors (Lipinski definition) is 5. The van der Waals surface area contributed by atoms with E-state index < -0.39 is 23.6 Å². The Hall–Kier alpha value is -4.04. The molecule has 1 aliphatic rings. The van der Waals surface area contributed by atoms with Gasteiger partial charge in [-0.1, -0.05) is 62.9 Å². The highest BCUT2D eigenvalue weighted by Gasteiger charge is 2.36. The third-order valence-electron chi connectivity index (χ3n) is 6.61. The minimum atomic E-state index is -0.844. The number of amides is 2. The van der Waals surface area contributed by atoms with Crippen molar-refractivity contribution in [3.8, 4) is 16.9 Å². The van der Waals surface area contributed by atoms with Crippen LogP contribution in [0.2, 0.25) is 0 Å². The number of aromatic nitrogens is 4. The Labute approximate surface area is 211 Å². The number of carbonyl (C=O) groups excluding carboxylic acids is 1. The third-order valence-corrected chi connectivity index (χ3v) is 6.61. The van der Waals surface area contributed by atoms with Gasteiger partial charge in [0, 0.05) is 28.9 Å². The fraction of sp³-hybridized carbons (Fsp3) is 0.286. The van der Waals surface area contributed by atoms with Gasteiger partial charge in [0.2, 0.25) is 0 Å². The Morgan fingerprint density at radius 3 is 2.53 bits per heavy atom. The molecule has 0 saturated heterocycles. The minimum Gasteiger partial charge on any atom is -0.390 e. The van der Waals surface area contributed by atoms with Crippen LogP contribution in [0.3, 0.4) is 0 Å². The van der Waals surface area contributed by atoms with Crippen molar-refractivity contribution in [3.63, 3.8) is 0 Å². The lowest BCUT2D eigenvalue weighted by atomic mass is 9.76. The zero-order valence-corrected chi connectivity index (χ0v) is 21.1. The Balaban J connectivity index is 1.65. The van der Waals surface area contributed by atoms with Crippen LogP contribution in [-0.2, 0) is 0 Å². The number of para-hydroxylation sites is 1. The molecule has 36 heavy (non-hydrogen) atoms. The second kappa shape index (κ2) is 10.3. The molecule has 8 heteroatoms. The van der Waals surface area contributed by atoms with Crippen LogP contribution >= 0.6 is 0 Å². The molecule has 0 spiro atoms. The zero-order valence-electron chi connectivity index (χ0n) is 21.1. The number of benzene rings is 1. The molecule has 2 aromatic heterocycles. The Morgan fingerprint density at radius 1 is 1.14 bits per heavy atom. The van der Waals surface area contributed by atoms with Gasteiger partial charge in [-0.25, -0.2) is 19.4 Å². The number of urea groups is 1. The Kier molecular flexibility index (Phi) is 7.17. The van der Waals surface area contributed by atoms with E-state index in [2.05, 4.69) is 27.2 Å². The largest absolute Gasteiger partial charge is 0.390 e. The molecule has 4 rings (SSSR count). The van der Waals surface area contributed by atoms with Gasteiger partial charge in [0.1, 0.15) is 17.3 Å². The number of anilines is 1. The zero-order chi connectivity index (χ0) is 25.9. The number of aryl methyl sites for hydroxylation is 1. The first-order chi connectivity index (χ1) is 17.2. The molecule has 0 aliphatic heterocycles. The van der Waals surface area contributed by atoms with Gasteiger partial charge in [-0.15, -0.1) is 0 Å². The Bertz CT molecular complexity index is 1310. The second-order valence-electron chi connectivity index (χ2n) is 9.51. The topological polar surface area (TPSA) is 105 Å². The second-order valence-corrected chi connectivity index (χ2v) is 9.51. The van der Waals surface area contributed by atoms with Gasteiger partial charge in [-0.3, -0.25) is 5.32 Å². The minimum absolute atomic E-state index is 0.437. The van der Waals surface area contributed by atoms with Crippen LogP contribution < -0.4 is 10.6 Å². The number of nitrogens with zero attached hydrogens (tertiary/aromatic N) is 4. The molecular weight excluding hydrogens is 452 g/mol. The summed E-state index contributed by atoms with van der Waals surface area (Å²) in [5.74, 6) is 1.19. The molecule has 2 amide bonds. The monoisotopic (exact) mass is 484 g/mol. The van der Waals surface area contributed by atoms with Crippen LogP contribution in [0.15, 0.2) is 79.2 Å². The van der Waals surface area contributed by atoms with Crippen LogP contribution in [0.5, 0.6) is 0 Å². The summed E-state index contributed by atoms with van der Waals surface area (Å²) in [5, 5.41) is 21.9. The van der Waals surface area contributed by atoms with Crippen molar-refractivity contribution in [2.45, 2.75) is 46.3 Å². The van der Waals surface area contributed by atoms with Gasteiger partial charge in [-0.05, 0) is 38.0 Å². The van der Waals surface area contributed by atoms with E-state index in [1.54, 1.807) is 17.1 Å². The van der Waals surface area contributed by atoms with E-state index in [0.29, 0.717) is 23.8 Å². The molecule has 0 unspecified atom stereocenters. The Morgan fingerprint density at radius 2 is 1.83 bits per heavy atom. The summed E-state index contributed by atoms with van der Waals surface area (Å²) in [5.41, 5.74) is 3.15. The van der Waals surface area contributed by atoms with Crippen molar-refractivity contribution >= 4 is 11.8 Å². The average molecular weight is 485 g/mol. The fourth-order valence-electron chi connectivity index (χ4n) is 4.15. The average Bonchev–Trinajstić information content (AvgIpc) is 3.20. The van der Waals surface area contributed by atoms with Crippen molar-refractivity contribution in [2.24, 2.45) is 5.41 Å². The lowest BCUT2D eigenvalue weighted by Gasteiger charge is -2.36. The number of rotatable bonds is 4. The van der Waals surface area contributed by atoms with E-state index in [0.717, 1.165) is 22.4 Å². The molecule has 1 aliphatic carbocycles. The molecule has 3 aromatic rings. The fourth-order valence-corrected chi connectivity index (χ4v) is 4.15. The maximum absolute atomic E-state index is 13.3. The van der Waals surface area contributed by atoms with Gasteiger partial charge in [0.15, 0.2) is 0 Å². The first-order valence-corrected chi connectivity index (χ1v) is 11.9. The van der Waals surface area contributed by atoms with Crippen molar-refractivity contribution in [1.82, 2.24) is 25.1 Å². The number of nitrogens with one attached hydrogen (secondary N) is 2. The molecule has 8 nitrogen and oxygen atoms in total.